The monoisotopic (exact) mass is 209 g/mol. The Kier molecular flexibility index (Phi) is 5.91. The molecule has 0 bridgehead atoms. The maximum absolute atomic E-state index is 5.25. The molecule has 15 heavy (non-hydrogen) atoms. The second-order valence-electron chi connectivity index (χ2n) is 3.75. The van der Waals surface area contributed by atoms with Crippen LogP contribution in [0.5, 0.6) is 0 Å². The lowest BCUT2D eigenvalue weighted by atomic mass is 10.4. The molecule has 0 aliphatic carbocycles. The van der Waals surface area contributed by atoms with Crippen molar-refractivity contribution >= 4 is 0 Å². The first kappa shape index (κ1) is 12.1. The van der Waals surface area contributed by atoms with Gasteiger partial charge < -0.3 is 9.47 Å². The Hall–Kier alpha value is -0.980. The van der Waals surface area contributed by atoms with E-state index in [0.717, 1.165) is 38.4 Å². The quantitative estimate of drug-likeness (QED) is 0.397. The van der Waals surface area contributed by atoms with Crippen LogP contribution >= 0.6 is 0 Å². The van der Waals surface area contributed by atoms with Crippen molar-refractivity contribution in [3.8, 4) is 11.8 Å². The van der Waals surface area contributed by atoms with Gasteiger partial charge in [-0.25, -0.2) is 0 Å². The Balaban J connectivity index is 2.07. The maximum Gasteiger partial charge on any atom is 0.148 e. The summed E-state index contributed by atoms with van der Waals surface area (Å²) >= 11 is 0. The SMILES string of the molecule is CC(C)=COCC#CCN1CCOCC1. The van der Waals surface area contributed by atoms with Crippen LogP contribution in [0.4, 0.5) is 0 Å². The Bertz CT molecular complexity index is 253. The van der Waals surface area contributed by atoms with Crippen molar-refractivity contribution in [2.24, 2.45) is 0 Å². The van der Waals surface area contributed by atoms with Gasteiger partial charge in [-0.15, -0.1) is 0 Å². The zero-order valence-electron chi connectivity index (χ0n) is 9.58. The van der Waals surface area contributed by atoms with Gasteiger partial charge in [0.15, 0.2) is 0 Å². The fourth-order valence-corrected chi connectivity index (χ4v) is 1.23. The van der Waals surface area contributed by atoms with Crippen molar-refractivity contribution in [1.82, 2.24) is 4.90 Å². The van der Waals surface area contributed by atoms with Gasteiger partial charge in [-0.05, 0) is 19.4 Å². The summed E-state index contributed by atoms with van der Waals surface area (Å²) in [7, 11) is 0. The first-order chi connectivity index (χ1) is 7.29. The molecule has 84 valence electrons. The number of morpholine rings is 1. The molecule has 0 amide bonds. The van der Waals surface area contributed by atoms with Crippen LogP contribution in [0, 0.1) is 11.8 Å². The molecule has 0 saturated carbocycles. The van der Waals surface area contributed by atoms with E-state index in [1.165, 1.54) is 0 Å². The van der Waals surface area contributed by atoms with Gasteiger partial charge in [-0.3, -0.25) is 4.90 Å². The Morgan fingerprint density at radius 1 is 1.33 bits per heavy atom. The van der Waals surface area contributed by atoms with E-state index in [1.54, 1.807) is 6.26 Å². The third kappa shape index (κ3) is 6.16. The van der Waals surface area contributed by atoms with E-state index in [1.807, 2.05) is 13.8 Å². The van der Waals surface area contributed by atoms with Gasteiger partial charge in [0.2, 0.25) is 0 Å². The number of ether oxygens (including phenoxy) is 2. The fraction of sp³-hybridized carbons (Fsp3) is 0.667. The summed E-state index contributed by atoms with van der Waals surface area (Å²) in [5.74, 6) is 6.08. The molecule has 1 aliphatic rings. The van der Waals surface area contributed by atoms with Gasteiger partial charge in [0, 0.05) is 13.1 Å². The standard InChI is InChI=1S/C12H19NO2/c1-12(2)11-15-8-4-3-5-13-6-9-14-10-7-13/h11H,5-10H2,1-2H3. The van der Waals surface area contributed by atoms with Crippen LogP contribution in [0.25, 0.3) is 0 Å². The summed E-state index contributed by atoms with van der Waals surface area (Å²) < 4.78 is 10.5. The summed E-state index contributed by atoms with van der Waals surface area (Å²) in [5, 5.41) is 0. The summed E-state index contributed by atoms with van der Waals surface area (Å²) in [4.78, 5) is 2.29. The van der Waals surface area contributed by atoms with Gasteiger partial charge in [-0.2, -0.15) is 0 Å². The Labute approximate surface area is 92.0 Å². The maximum atomic E-state index is 5.25. The van der Waals surface area contributed by atoms with Crippen LogP contribution in [-0.4, -0.2) is 44.4 Å². The zero-order chi connectivity index (χ0) is 10.9. The third-order valence-electron chi connectivity index (χ3n) is 2.01. The first-order valence-electron chi connectivity index (χ1n) is 5.30. The van der Waals surface area contributed by atoms with Gasteiger partial charge >= 0.3 is 0 Å². The predicted octanol–water partition coefficient (Wildman–Crippen LogP) is 1.26. The molecular weight excluding hydrogens is 190 g/mol. The van der Waals surface area contributed by atoms with Crippen molar-refractivity contribution < 1.29 is 9.47 Å². The highest BCUT2D eigenvalue weighted by Gasteiger charge is 2.07. The molecule has 0 atom stereocenters. The zero-order valence-corrected chi connectivity index (χ0v) is 9.58. The summed E-state index contributed by atoms with van der Waals surface area (Å²) in [6.07, 6.45) is 1.74. The predicted molar refractivity (Wildman–Crippen MR) is 60.4 cm³/mol. The van der Waals surface area contributed by atoms with E-state index in [0.29, 0.717) is 6.61 Å². The minimum Gasteiger partial charge on any atom is -0.489 e. The van der Waals surface area contributed by atoms with Crippen LogP contribution in [-0.2, 0) is 9.47 Å². The molecule has 1 rings (SSSR count). The van der Waals surface area contributed by atoms with Crippen molar-refractivity contribution in [2.75, 3.05) is 39.5 Å². The molecule has 0 spiro atoms. The number of allylic oxidation sites excluding steroid dienone is 1. The summed E-state index contributed by atoms with van der Waals surface area (Å²) in [5.41, 5.74) is 1.16. The molecule has 0 N–H and O–H groups in total. The highest BCUT2D eigenvalue weighted by Crippen LogP contribution is 1.94. The molecule has 1 fully saturated rings. The molecule has 1 saturated heterocycles. The molecule has 3 nitrogen and oxygen atoms in total. The van der Waals surface area contributed by atoms with E-state index in [2.05, 4.69) is 16.7 Å². The highest BCUT2D eigenvalue weighted by molar-refractivity contribution is 5.02. The van der Waals surface area contributed by atoms with Gasteiger partial charge in [-0.1, -0.05) is 11.8 Å². The number of nitrogens with zero attached hydrogens (tertiary/aromatic N) is 1. The molecule has 0 aromatic carbocycles. The lowest BCUT2D eigenvalue weighted by Gasteiger charge is -2.24. The second-order valence-corrected chi connectivity index (χ2v) is 3.75. The van der Waals surface area contributed by atoms with Crippen LogP contribution < -0.4 is 0 Å². The molecule has 1 aliphatic heterocycles. The van der Waals surface area contributed by atoms with E-state index in [-0.39, 0.29) is 0 Å². The average Bonchev–Trinajstić information content (AvgIpc) is 2.24. The molecular formula is C12H19NO2. The smallest absolute Gasteiger partial charge is 0.148 e. The third-order valence-corrected chi connectivity index (χ3v) is 2.01. The molecule has 3 heteroatoms. The molecule has 1 heterocycles. The van der Waals surface area contributed by atoms with Crippen LogP contribution in [0.2, 0.25) is 0 Å². The summed E-state index contributed by atoms with van der Waals surface area (Å²) in [6.45, 7) is 8.94. The van der Waals surface area contributed by atoms with E-state index < -0.39 is 0 Å². The lowest BCUT2D eigenvalue weighted by Crippen LogP contribution is -2.36. The van der Waals surface area contributed by atoms with Gasteiger partial charge in [0.05, 0.1) is 26.0 Å². The average molecular weight is 209 g/mol. The number of rotatable bonds is 3. The van der Waals surface area contributed by atoms with Crippen molar-refractivity contribution in [3.63, 3.8) is 0 Å². The number of hydrogen-bond donors (Lipinski definition) is 0. The van der Waals surface area contributed by atoms with Crippen LogP contribution in [0.15, 0.2) is 11.8 Å². The first-order valence-corrected chi connectivity index (χ1v) is 5.30. The van der Waals surface area contributed by atoms with Gasteiger partial charge in [0.1, 0.15) is 6.61 Å². The minimum absolute atomic E-state index is 0.482. The van der Waals surface area contributed by atoms with Crippen LogP contribution in [0.3, 0.4) is 0 Å². The largest absolute Gasteiger partial charge is 0.489 e. The second kappa shape index (κ2) is 7.33. The normalized spacial score (nSPS) is 16.4. The Morgan fingerprint density at radius 3 is 2.73 bits per heavy atom. The van der Waals surface area contributed by atoms with Crippen molar-refractivity contribution in [3.05, 3.63) is 11.8 Å². The van der Waals surface area contributed by atoms with Crippen molar-refractivity contribution in [2.45, 2.75) is 13.8 Å². The Morgan fingerprint density at radius 2 is 2.07 bits per heavy atom. The highest BCUT2D eigenvalue weighted by atomic mass is 16.5. The van der Waals surface area contributed by atoms with Gasteiger partial charge in [0.25, 0.3) is 0 Å². The van der Waals surface area contributed by atoms with E-state index in [9.17, 15) is 0 Å². The molecule has 0 aromatic rings. The topological polar surface area (TPSA) is 21.7 Å². The molecule has 0 radical (unpaired) electrons. The summed E-state index contributed by atoms with van der Waals surface area (Å²) in [6, 6.07) is 0. The van der Waals surface area contributed by atoms with E-state index >= 15 is 0 Å². The lowest BCUT2D eigenvalue weighted by molar-refractivity contribution is 0.0443. The van der Waals surface area contributed by atoms with Crippen molar-refractivity contribution in [1.29, 1.82) is 0 Å². The fourth-order valence-electron chi connectivity index (χ4n) is 1.23. The molecule has 0 aromatic heterocycles. The van der Waals surface area contributed by atoms with Crippen LogP contribution in [0.1, 0.15) is 13.8 Å². The van der Waals surface area contributed by atoms with E-state index in [4.69, 9.17) is 9.47 Å². The number of hydrogen-bond acceptors (Lipinski definition) is 3. The minimum atomic E-state index is 0.482. The molecule has 0 unspecified atom stereocenters.